The summed E-state index contributed by atoms with van der Waals surface area (Å²) in [5.74, 6) is -1.94. The number of hydrogen-bond acceptors (Lipinski definition) is 5. The Morgan fingerprint density at radius 1 is 0.871 bits per heavy atom. The highest BCUT2D eigenvalue weighted by Crippen LogP contribution is 2.21. The SMILES string of the molecule is O=C(COC(=O)c1ccccc1NS(=O)(=O)c1ccc(F)cc1)NCc1ccccc1. The molecule has 3 rings (SSSR count). The molecule has 7 nitrogen and oxygen atoms in total. The van der Waals surface area contributed by atoms with Crippen LogP contribution in [-0.2, 0) is 26.1 Å². The van der Waals surface area contributed by atoms with Crippen molar-refractivity contribution in [3.8, 4) is 0 Å². The van der Waals surface area contributed by atoms with Crippen molar-refractivity contribution in [2.75, 3.05) is 11.3 Å². The van der Waals surface area contributed by atoms with Crippen molar-refractivity contribution in [3.05, 3.63) is 95.8 Å². The summed E-state index contributed by atoms with van der Waals surface area (Å²) in [4.78, 5) is 24.2. The van der Waals surface area contributed by atoms with E-state index in [9.17, 15) is 22.4 Å². The molecular weight excluding hydrogens is 423 g/mol. The Balaban J connectivity index is 1.63. The molecule has 160 valence electrons. The van der Waals surface area contributed by atoms with E-state index in [-0.39, 0.29) is 22.7 Å². The van der Waals surface area contributed by atoms with E-state index in [1.165, 1.54) is 24.3 Å². The number of carbonyl (C=O) groups excluding carboxylic acids is 2. The molecule has 0 aliphatic rings. The minimum absolute atomic E-state index is 0.0264. The van der Waals surface area contributed by atoms with Crippen molar-refractivity contribution in [3.63, 3.8) is 0 Å². The van der Waals surface area contributed by atoms with Crippen LogP contribution in [0.5, 0.6) is 0 Å². The molecule has 0 aliphatic carbocycles. The third kappa shape index (κ3) is 6.13. The molecule has 0 atom stereocenters. The number of esters is 1. The van der Waals surface area contributed by atoms with Crippen LogP contribution in [0.3, 0.4) is 0 Å². The van der Waals surface area contributed by atoms with Crippen molar-refractivity contribution >= 4 is 27.6 Å². The van der Waals surface area contributed by atoms with Crippen LogP contribution in [0.25, 0.3) is 0 Å². The maximum Gasteiger partial charge on any atom is 0.340 e. The molecule has 0 heterocycles. The molecule has 0 spiro atoms. The van der Waals surface area contributed by atoms with Crippen molar-refractivity contribution < 1.29 is 27.1 Å². The number of halogens is 1. The number of para-hydroxylation sites is 1. The van der Waals surface area contributed by atoms with E-state index in [0.29, 0.717) is 0 Å². The predicted octanol–water partition coefficient (Wildman–Crippen LogP) is 3.10. The first-order valence-electron chi connectivity index (χ1n) is 9.20. The summed E-state index contributed by atoms with van der Waals surface area (Å²) in [5.41, 5.74) is 0.799. The molecule has 0 bridgehead atoms. The second-order valence-electron chi connectivity index (χ2n) is 6.44. The summed E-state index contributed by atoms with van der Waals surface area (Å²) in [7, 11) is -4.06. The lowest BCUT2D eigenvalue weighted by molar-refractivity contribution is -0.124. The molecular formula is C22H19FN2O5S. The number of rotatable bonds is 8. The second kappa shape index (κ2) is 9.86. The van der Waals surface area contributed by atoms with Crippen LogP contribution < -0.4 is 10.0 Å². The van der Waals surface area contributed by atoms with Crippen LogP contribution in [0, 0.1) is 5.82 Å². The van der Waals surface area contributed by atoms with Gasteiger partial charge in [0.05, 0.1) is 16.1 Å². The Labute approximate surface area is 178 Å². The molecule has 0 saturated carbocycles. The highest BCUT2D eigenvalue weighted by atomic mass is 32.2. The molecule has 3 aromatic rings. The lowest BCUT2D eigenvalue weighted by Gasteiger charge is -2.12. The summed E-state index contributed by atoms with van der Waals surface area (Å²) >= 11 is 0. The zero-order chi connectivity index (χ0) is 22.3. The van der Waals surface area contributed by atoms with E-state index in [1.807, 2.05) is 30.3 Å². The van der Waals surface area contributed by atoms with Crippen LogP contribution >= 0.6 is 0 Å². The Morgan fingerprint density at radius 3 is 2.23 bits per heavy atom. The number of hydrogen-bond donors (Lipinski definition) is 2. The minimum atomic E-state index is -4.06. The molecule has 0 radical (unpaired) electrons. The lowest BCUT2D eigenvalue weighted by atomic mass is 10.2. The molecule has 0 fully saturated rings. The first-order chi connectivity index (χ1) is 14.8. The molecule has 9 heteroatoms. The molecule has 3 aromatic carbocycles. The normalized spacial score (nSPS) is 10.9. The number of nitrogens with one attached hydrogen (secondary N) is 2. The van der Waals surface area contributed by atoms with Crippen LogP contribution in [0.2, 0.25) is 0 Å². The third-order valence-electron chi connectivity index (χ3n) is 4.18. The molecule has 1 amide bonds. The van der Waals surface area contributed by atoms with E-state index in [1.54, 1.807) is 0 Å². The zero-order valence-corrected chi connectivity index (χ0v) is 17.1. The fourth-order valence-corrected chi connectivity index (χ4v) is 3.70. The third-order valence-corrected chi connectivity index (χ3v) is 5.56. The van der Waals surface area contributed by atoms with Gasteiger partial charge in [-0.15, -0.1) is 0 Å². The quantitative estimate of drug-likeness (QED) is 0.522. The molecule has 0 unspecified atom stereocenters. The van der Waals surface area contributed by atoms with Crippen molar-refractivity contribution in [2.24, 2.45) is 0 Å². The van der Waals surface area contributed by atoms with Gasteiger partial charge in [-0.05, 0) is 42.0 Å². The van der Waals surface area contributed by atoms with Crippen molar-refractivity contribution in [1.29, 1.82) is 0 Å². The van der Waals surface area contributed by atoms with Gasteiger partial charge in [0.1, 0.15) is 5.82 Å². The van der Waals surface area contributed by atoms with E-state index >= 15 is 0 Å². The van der Waals surface area contributed by atoms with Gasteiger partial charge in [-0.3, -0.25) is 9.52 Å². The predicted molar refractivity (Wildman–Crippen MR) is 112 cm³/mol. The van der Waals surface area contributed by atoms with Gasteiger partial charge < -0.3 is 10.1 Å². The molecule has 31 heavy (non-hydrogen) atoms. The van der Waals surface area contributed by atoms with Gasteiger partial charge in [0.25, 0.3) is 15.9 Å². The van der Waals surface area contributed by atoms with E-state index in [4.69, 9.17) is 4.74 Å². The summed E-state index contributed by atoms with van der Waals surface area (Å²) in [5, 5.41) is 2.63. The van der Waals surface area contributed by atoms with E-state index < -0.39 is 34.3 Å². The number of carbonyl (C=O) groups is 2. The zero-order valence-electron chi connectivity index (χ0n) is 16.2. The number of benzene rings is 3. The fraction of sp³-hybridized carbons (Fsp3) is 0.0909. The fourth-order valence-electron chi connectivity index (χ4n) is 2.62. The van der Waals surface area contributed by atoms with Gasteiger partial charge in [-0.25, -0.2) is 17.6 Å². The molecule has 2 N–H and O–H groups in total. The van der Waals surface area contributed by atoms with Crippen LogP contribution in [-0.4, -0.2) is 26.9 Å². The Kier molecular flexibility index (Phi) is 6.99. The van der Waals surface area contributed by atoms with Gasteiger partial charge in [-0.2, -0.15) is 0 Å². The average Bonchev–Trinajstić information content (AvgIpc) is 2.77. The highest BCUT2D eigenvalue weighted by molar-refractivity contribution is 7.92. The molecule has 0 aromatic heterocycles. The first kappa shape index (κ1) is 22.0. The van der Waals surface area contributed by atoms with Gasteiger partial charge >= 0.3 is 5.97 Å². The van der Waals surface area contributed by atoms with Gasteiger partial charge in [0.15, 0.2) is 6.61 Å². The molecule has 0 aliphatic heterocycles. The minimum Gasteiger partial charge on any atom is -0.452 e. The number of ether oxygens (including phenoxy) is 1. The summed E-state index contributed by atoms with van der Waals surface area (Å²) in [6, 6.07) is 19.3. The maximum absolute atomic E-state index is 13.1. The largest absolute Gasteiger partial charge is 0.452 e. The first-order valence-corrected chi connectivity index (χ1v) is 10.7. The second-order valence-corrected chi connectivity index (χ2v) is 8.13. The topological polar surface area (TPSA) is 102 Å². The van der Waals surface area contributed by atoms with Crippen LogP contribution in [0.1, 0.15) is 15.9 Å². The molecule has 0 saturated heterocycles. The smallest absolute Gasteiger partial charge is 0.340 e. The highest BCUT2D eigenvalue weighted by Gasteiger charge is 2.20. The lowest BCUT2D eigenvalue weighted by Crippen LogP contribution is -2.28. The standard InChI is InChI=1S/C22H19FN2O5S/c23-17-10-12-18(13-11-17)31(28,29)25-20-9-5-4-8-19(20)22(27)30-15-21(26)24-14-16-6-2-1-3-7-16/h1-13,25H,14-15H2,(H,24,26). The van der Waals surface area contributed by atoms with Crippen LogP contribution in [0.4, 0.5) is 10.1 Å². The number of sulfonamides is 1. The number of anilines is 1. The van der Waals surface area contributed by atoms with E-state index in [2.05, 4.69) is 10.0 Å². The van der Waals surface area contributed by atoms with Gasteiger partial charge in [0, 0.05) is 6.54 Å². The summed E-state index contributed by atoms with van der Waals surface area (Å²) < 4.78 is 45.4. The monoisotopic (exact) mass is 442 g/mol. The maximum atomic E-state index is 13.1. The Hall–Kier alpha value is -3.72. The Bertz CT molecular complexity index is 1170. The summed E-state index contributed by atoms with van der Waals surface area (Å²) in [6.45, 7) is -0.240. The van der Waals surface area contributed by atoms with Gasteiger partial charge in [0.2, 0.25) is 0 Å². The van der Waals surface area contributed by atoms with E-state index in [0.717, 1.165) is 29.8 Å². The Morgan fingerprint density at radius 2 is 1.52 bits per heavy atom. The van der Waals surface area contributed by atoms with Crippen LogP contribution in [0.15, 0.2) is 83.8 Å². The van der Waals surface area contributed by atoms with Crippen molar-refractivity contribution in [2.45, 2.75) is 11.4 Å². The van der Waals surface area contributed by atoms with Crippen molar-refractivity contribution in [1.82, 2.24) is 5.32 Å². The number of amides is 1. The average molecular weight is 442 g/mol. The summed E-state index contributed by atoms with van der Waals surface area (Å²) in [6.07, 6.45) is 0. The van der Waals surface area contributed by atoms with Gasteiger partial charge in [-0.1, -0.05) is 42.5 Å².